The predicted molar refractivity (Wildman–Crippen MR) is 76.4 cm³/mol. The summed E-state index contributed by atoms with van der Waals surface area (Å²) in [5.74, 6) is 1.83. The van der Waals surface area contributed by atoms with E-state index in [0.717, 1.165) is 23.7 Å². The van der Waals surface area contributed by atoms with Crippen LogP contribution in [0.2, 0.25) is 5.02 Å². The predicted octanol–water partition coefficient (Wildman–Crippen LogP) is 2.85. The van der Waals surface area contributed by atoms with E-state index in [0.29, 0.717) is 18.1 Å². The first-order valence-corrected chi connectivity index (χ1v) is 6.66. The van der Waals surface area contributed by atoms with Gasteiger partial charge >= 0.3 is 0 Å². The summed E-state index contributed by atoms with van der Waals surface area (Å²) >= 11 is 6.19. The summed E-state index contributed by atoms with van der Waals surface area (Å²) in [5, 5.41) is 4.06. The Morgan fingerprint density at radius 1 is 1.37 bits per heavy atom. The molecule has 5 heteroatoms. The number of aromatic nitrogens is 2. The van der Waals surface area contributed by atoms with Crippen molar-refractivity contribution >= 4 is 11.6 Å². The van der Waals surface area contributed by atoms with Crippen LogP contribution in [0, 0.1) is 0 Å². The van der Waals surface area contributed by atoms with Crippen LogP contribution in [0.25, 0.3) is 0 Å². The maximum Gasteiger partial charge on any atom is 0.124 e. The first-order chi connectivity index (χ1) is 9.26. The highest BCUT2D eigenvalue weighted by Crippen LogP contribution is 2.25. The van der Waals surface area contributed by atoms with Gasteiger partial charge in [0.2, 0.25) is 0 Å². The lowest BCUT2D eigenvalue weighted by Gasteiger charge is -2.11. The molecule has 0 radical (unpaired) electrons. The number of rotatable bonds is 6. The molecule has 0 aliphatic carbocycles. The average Bonchev–Trinajstić information content (AvgIpc) is 2.88. The average molecular weight is 280 g/mol. The Balaban J connectivity index is 2.00. The largest absolute Gasteiger partial charge is 0.496 e. The van der Waals surface area contributed by atoms with Crippen LogP contribution in [0.5, 0.6) is 5.75 Å². The number of halogens is 1. The minimum atomic E-state index is 0.652. The molecule has 4 nitrogen and oxygen atoms in total. The Morgan fingerprint density at radius 2 is 2.21 bits per heavy atom. The number of hydrogen-bond donors (Lipinski definition) is 1. The molecule has 0 unspecified atom stereocenters. The van der Waals surface area contributed by atoms with Gasteiger partial charge in [0, 0.05) is 36.1 Å². The van der Waals surface area contributed by atoms with Gasteiger partial charge in [0.1, 0.15) is 11.6 Å². The molecule has 1 aromatic carbocycles. The summed E-state index contributed by atoms with van der Waals surface area (Å²) in [5.41, 5.74) is 0.973. The number of nitrogens with zero attached hydrogens (tertiary/aromatic N) is 2. The van der Waals surface area contributed by atoms with Crippen molar-refractivity contribution in [1.29, 1.82) is 0 Å². The van der Waals surface area contributed by atoms with E-state index in [2.05, 4.69) is 21.8 Å². The molecule has 102 valence electrons. The summed E-state index contributed by atoms with van der Waals surface area (Å²) < 4.78 is 7.42. The van der Waals surface area contributed by atoms with Gasteiger partial charge in [0.15, 0.2) is 0 Å². The van der Waals surface area contributed by atoms with Gasteiger partial charge in [0.05, 0.1) is 13.7 Å². The zero-order chi connectivity index (χ0) is 13.7. The van der Waals surface area contributed by atoms with E-state index in [4.69, 9.17) is 16.3 Å². The number of nitrogens with one attached hydrogen (secondary N) is 1. The standard InChI is InChI=1S/C14H18ClN3O/c1-3-18-8-7-17-14(18)10-16-9-11-12(15)5-4-6-13(11)19-2/h4-8,16H,3,9-10H2,1-2H3. The van der Waals surface area contributed by atoms with Crippen LogP contribution in [0.1, 0.15) is 18.3 Å². The summed E-state index contributed by atoms with van der Waals surface area (Å²) in [6.07, 6.45) is 3.80. The zero-order valence-corrected chi connectivity index (χ0v) is 11.9. The van der Waals surface area contributed by atoms with Crippen molar-refractivity contribution in [3.63, 3.8) is 0 Å². The van der Waals surface area contributed by atoms with E-state index in [1.54, 1.807) is 7.11 Å². The Kier molecular flexibility index (Phi) is 4.82. The van der Waals surface area contributed by atoms with Gasteiger partial charge in [-0.05, 0) is 19.1 Å². The number of imidazole rings is 1. The molecule has 0 atom stereocenters. The highest BCUT2D eigenvalue weighted by molar-refractivity contribution is 6.31. The molecule has 0 aliphatic rings. The van der Waals surface area contributed by atoms with E-state index in [1.807, 2.05) is 30.6 Å². The lowest BCUT2D eigenvalue weighted by atomic mass is 10.2. The van der Waals surface area contributed by atoms with Crippen molar-refractivity contribution < 1.29 is 4.74 Å². The molecule has 0 fully saturated rings. The number of aryl methyl sites for hydroxylation is 1. The molecule has 1 heterocycles. The summed E-state index contributed by atoms with van der Waals surface area (Å²) in [6.45, 7) is 4.38. The van der Waals surface area contributed by atoms with Gasteiger partial charge in [-0.3, -0.25) is 0 Å². The SMILES string of the molecule is CCn1ccnc1CNCc1c(Cl)cccc1OC. The molecule has 1 aromatic heterocycles. The van der Waals surface area contributed by atoms with E-state index in [1.165, 1.54) is 0 Å². The summed E-state index contributed by atoms with van der Waals surface area (Å²) in [7, 11) is 1.65. The van der Waals surface area contributed by atoms with E-state index in [9.17, 15) is 0 Å². The number of hydrogen-bond acceptors (Lipinski definition) is 3. The molecule has 0 saturated heterocycles. The Labute approximate surface area is 118 Å². The highest BCUT2D eigenvalue weighted by atomic mass is 35.5. The van der Waals surface area contributed by atoms with Crippen molar-refractivity contribution in [2.75, 3.05) is 7.11 Å². The fourth-order valence-corrected chi connectivity index (χ4v) is 2.23. The molecule has 19 heavy (non-hydrogen) atoms. The molecule has 0 bridgehead atoms. The van der Waals surface area contributed by atoms with Gasteiger partial charge < -0.3 is 14.6 Å². The van der Waals surface area contributed by atoms with E-state index in [-0.39, 0.29) is 0 Å². The molecule has 0 aliphatic heterocycles. The van der Waals surface area contributed by atoms with Crippen LogP contribution in [-0.4, -0.2) is 16.7 Å². The Hall–Kier alpha value is -1.52. The van der Waals surface area contributed by atoms with Gasteiger partial charge in [-0.25, -0.2) is 4.98 Å². The first-order valence-electron chi connectivity index (χ1n) is 6.28. The minimum absolute atomic E-state index is 0.652. The third-order valence-corrected chi connectivity index (χ3v) is 3.38. The van der Waals surface area contributed by atoms with Crippen LogP contribution in [0.3, 0.4) is 0 Å². The fourth-order valence-electron chi connectivity index (χ4n) is 2.00. The summed E-state index contributed by atoms with van der Waals surface area (Å²) in [4.78, 5) is 4.32. The lowest BCUT2D eigenvalue weighted by molar-refractivity contribution is 0.407. The van der Waals surface area contributed by atoms with E-state index < -0.39 is 0 Å². The van der Waals surface area contributed by atoms with Crippen molar-refractivity contribution in [1.82, 2.24) is 14.9 Å². The second kappa shape index (κ2) is 6.59. The van der Waals surface area contributed by atoms with Crippen LogP contribution in [0.15, 0.2) is 30.6 Å². The van der Waals surface area contributed by atoms with Gasteiger partial charge in [0.25, 0.3) is 0 Å². The third-order valence-electron chi connectivity index (χ3n) is 3.02. The monoisotopic (exact) mass is 279 g/mol. The Morgan fingerprint density at radius 3 is 2.95 bits per heavy atom. The maximum atomic E-state index is 6.19. The molecule has 0 spiro atoms. The van der Waals surface area contributed by atoms with Crippen molar-refractivity contribution in [3.8, 4) is 5.75 Å². The highest BCUT2D eigenvalue weighted by Gasteiger charge is 2.07. The van der Waals surface area contributed by atoms with Crippen molar-refractivity contribution in [3.05, 3.63) is 47.0 Å². The molecule has 0 amide bonds. The van der Waals surface area contributed by atoms with Crippen molar-refractivity contribution in [2.24, 2.45) is 0 Å². The molecule has 1 N–H and O–H groups in total. The van der Waals surface area contributed by atoms with E-state index >= 15 is 0 Å². The zero-order valence-electron chi connectivity index (χ0n) is 11.2. The molecule has 0 saturated carbocycles. The van der Waals surface area contributed by atoms with Gasteiger partial charge in [-0.2, -0.15) is 0 Å². The van der Waals surface area contributed by atoms with Gasteiger partial charge in [-0.1, -0.05) is 17.7 Å². The maximum absolute atomic E-state index is 6.19. The van der Waals surface area contributed by atoms with Crippen molar-refractivity contribution in [2.45, 2.75) is 26.6 Å². The number of benzene rings is 1. The first kappa shape index (κ1) is 13.9. The second-order valence-corrected chi connectivity index (χ2v) is 4.56. The minimum Gasteiger partial charge on any atom is -0.496 e. The number of methoxy groups -OCH3 is 1. The second-order valence-electron chi connectivity index (χ2n) is 4.15. The quantitative estimate of drug-likeness (QED) is 0.884. The molecular weight excluding hydrogens is 262 g/mol. The molecule has 2 rings (SSSR count). The normalized spacial score (nSPS) is 10.7. The number of ether oxygens (including phenoxy) is 1. The van der Waals surface area contributed by atoms with Crippen LogP contribution < -0.4 is 10.1 Å². The topological polar surface area (TPSA) is 39.1 Å². The smallest absolute Gasteiger partial charge is 0.124 e. The fraction of sp³-hybridized carbons (Fsp3) is 0.357. The lowest BCUT2D eigenvalue weighted by Crippen LogP contribution is -2.17. The third kappa shape index (κ3) is 3.28. The molecule has 2 aromatic rings. The Bertz CT molecular complexity index is 539. The van der Waals surface area contributed by atoms with Gasteiger partial charge in [-0.15, -0.1) is 0 Å². The van der Waals surface area contributed by atoms with Crippen LogP contribution in [0.4, 0.5) is 0 Å². The van der Waals surface area contributed by atoms with Crippen LogP contribution >= 0.6 is 11.6 Å². The molecular formula is C14H18ClN3O. The van der Waals surface area contributed by atoms with Crippen LogP contribution in [-0.2, 0) is 19.6 Å². The summed E-state index contributed by atoms with van der Waals surface area (Å²) in [6, 6.07) is 5.67.